The minimum Gasteiger partial charge on any atom is -0.399 e. The van der Waals surface area contributed by atoms with E-state index in [4.69, 9.17) is 17.2 Å². The molecular formula is C34H60N4. The number of para-hydroxylation sites is 1. The number of hydrogen-bond donors (Lipinski definition) is 4. The lowest BCUT2D eigenvalue weighted by Crippen LogP contribution is -1.85. The first-order valence-corrected chi connectivity index (χ1v) is 10.8. The predicted molar refractivity (Wildman–Crippen MR) is 182 cm³/mol. The monoisotopic (exact) mass is 524 g/mol. The largest absolute Gasteiger partial charge is 0.399 e. The van der Waals surface area contributed by atoms with Crippen molar-refractivity contribution >= 4 is 17.1 Å². The highest BCUT2D eigenvalue weighted by Crippen LogP contribution is 2.06. The maximum atomic E-state index is 5.52. The highest BCUT2D eigenvalue weighted by atomic mass is 14.5. The summed E-state index contributed by atoms with van der Waals surface area (Å²) in [4.78, 5) is 0. The molecule has 4 nitrogen and oxygen atoms in total. The molecule has 0 radical (unpaired) electrons. The molecule has 38 heavy (non-hydrogen) atoms. The van der Waals surface area contributed by atoms with Crippen LogP contribution in [-0.2, 0) is 0 Å². The molecule has 0 aliphatic heterocycles. The number of rotatable bonds is 0. The number of aryl methyl sites for hydroxylation is 4. The lowest BCUT2D eigenvalue weighted by molar-refractivity contribution is 1.47. The zero-order chi connectivity index (χ0) is 25.1. The normalized spacial score (nSPS) is 7.53. The lowest BCUT2D eigenvalue weighted by atomic mass is 10.2. The summed E-state index contributed by atoms with van der Waals surface area (Å²) in [6.07, 6.45) is 0. The second-order valence-corrected chi connectivity index (χ2v) is 7.34. The molecule has 4 rings (SSSR count). The molecule has 0 amide bonds. The van der Waals surface area contributed by atoms with Crippen LogP contribution in [0.2, 0.25) is 0 Å². The van der Waals surface area contributed by atoms with Crippen molar-refractivity contribution in [3.63, 3.8) is 0 Å². The number of anilines is 3. The van der Waals surface area contributed by atoms with Crippen molar-refractivity contribution in [2.75, 3.05) is 24.2 Å². The Balaban J connectivity index is -0.0000000843. The van der Waals surface area contributed by atoms with E-state index in [1.54, 1.807) is 0 Å². The number of hydrogen-bond acceptors (Lipinski definition) is 4. The SMILES string of the molecule is C.C.C.C.C.CN.Cc1ccc(N)cc1.Cc1cccc(N)c1.Cc1ccccc1.Cc1ccccc1N. The summed E-state index contributed by atoms with van der Waals surface area (Å²) < 4.78 is 0. The second kappa shape index (κ2) is 29.5. The van der Waals surface area contributed by atoms with Gasteiger partial charge in [0, 0.05) is 17.1 Å². The average molecular weight is 525 g/mol. The van der Waals surface area contributed by atoms with Crippen molar-refractivity contribution < 1.29 is 0 Å². The van der Waals surface area contributed by atoms with Gasteiger partial charge in [-0.05, 0) is 76.2 Å². The Morgan fingerprint density at radius 2 is 0.816 bits per heavy atom. The van der Waals surface area contributed by atoms with Crippen LogP contribution in [0, 0.1) is 27.7 Å². The first-order chi connectivity index (χ1) is 15.8. The summed E-state index contributed by atoms with van der Waals surface area (Å²) in [5.41, 5.74) is 28.4. The molecule has 0 aliphatic carbocycles. The Labute approximate surface area is 237 Å². The zero-order valence-electron chi connectivity index (χ0n) is 20.6. The van der Waals surface area contributed by atoms with E-state index >= 15 is 0 Å². The third-order valence-electron chi connectivity index (χ3n) is 4.25. The molecule has 0 unspecified atom stereocenters. The van der Waals surface area contributed by atoms with Crippen LogP contribution in [0.4, 0.5) is 17.1 Å². The van der Waals surface area contributed by atoms with Crippen LogP contribution < -0.4 is 22.9 Å². The van der Waals surface area contributed by atoms with Crippen LogP contribution in [-0.4, -0.2) is 7.05 Å². The predicted octanol–water partition coefficient (Wildman–Crippen LogP) is 9.48. The van der Waals surface area contributed by atoms with Gasteiger partial charge in [0.2, 0.25) is 0 Å². The van der Waals surface area contributed by atoms with Crippen LogP contribution in [0.1, 0.15) is 59.4 Å². The van der Waals surface area contributed by atoms with E-state index in [2.05, 4.69) is 24.8 Å². The van der Waals surface area contributed by atoms with Gasteiger partial charge in [-0.1, -0.05) is 121 Å². The highest BCUT2D eigenvalue weighted by Gasteiger charge is 1.84. The fourth-order valence-corrected chi connectivity index (χ4v) is 2.36. The van der Waals surface area contributed by atoms with Gasteiger partial charge < -0.3 is 22.9 Å². The molecule has 0 aliphatic rings. The third kappa shape index (κ3) is 25.3. The maximum Gasteiger partial charge on any atom is 0.0343 e. The Hall–Kier alpha value is -3.76. The Kier molecular flexibility index (Phi) is 36.8. The van der Waals surface area contributed by atoms with E-state index in [0.29, 0.717) is 0 Å². The van der Waals surface area contributed by atoms with Gasteiger partial charge in [-0.3, -0.25) is 0 Å². The summed E-state index contributed by atoms with van der Waals surface area (Å²) in [6, 6.07) is 33.7. The minimum atomic E-state index is 0. The van der Waals surface area contributed by atoms with E-state index in [-0.39, 0.29) is 37.1 Å². The summed E-state index contributed by atoms with van der Waals surface area (Å²) in [5.74, 6) is 0. The first-order valence-electron chi connectivity index (χ1n) is 10.8. The summed E-state index contributed by atoms with van der Waals surface area (Å²) in [7, 11) is 1.50. The Bertz CT molecular complexity index is 939. The molecule has 0 spiro atoms. The van der Waals surface area contributed by atoms with E-state index in [9.17, 15) is 0 Å². The van der Waals surface area contributed by atoms with Crippen molar-refractivity contribution in [3.05, 3.63) is 125 Å². The fourth-order valence-electron chi connectivity index (χ4n) is 2.36. The van der Waals surface area contributed by atoms with Crippen molar-refractivity contribution in [3.8, 4) is 0 Å². The van der Waals surface area contributed by atoms with Crippen molar-refractivity contribution in [2.45, 2.75) is 64.8 Å². The molecule has 216 valence electrons. The molecule has 0 saturated carbocycles. The van der Waals surface area contributed by atoms with E-state index in [1.165, 1.54) is 23.7 Å². The van der Waals surface area contributed by atoms with Crippen LogP contribution in [0.25, 0.3) is 0 Å². The summed E-state index contributed by atoms with van der Waals surface area (Å²) in [5, 5.41) is 0. The summed E-state index contributed by atoms with van der Waals surface area (Å²) >= 11 is 0. The molecule has 0 atom stereocenters. The quantitative estimate of drug-likeness (QED) is 0.172. The minimum absolute atomic E-state index is 0. The van der Waals surface area contributed by atoms with Crippen LogP contribution >= 0.6 is 0 Å². The van der Waals surface area contributed by atoms with Gasteiger partial charge in [-0.25, -0.2) is 0 Å². The molecule has 0 aromatic heterocycles. The molecule has 4 aromatic rings. The molecular weight excluding hydrogens is 464 g/mol. The van der Waals surface area contributed by atoms with E-state index in [1.807, 2.05) is 112 Å². The maximum absolute atomic E-state index is 5.52. The van der Waals surface area contributed by atoms with Crippen LogP contribution in [0.15, 0.2) is 103 Å². The molecule has 4 aromatic carbocycles. The topological polar surface area (TPSA) is 104 Å². The molecule has 0 heterocycles. The molecule has 8 N–H and O–H groups in total. The van der Waals surface area contributed by atoms with Crippen molar-refractivity contribution in [1.82, 2.24) is 0 Å². The van der Waals surface area contributed by atoms with Crippen molar-refractivity contribution in [1.29, 1.82) is 0 Å². The number of nitrogen functional groups attached to an aromatic ring is 3. The van der Waals surface area contributed by atoms with Gasteiger partial charge in [0.15, 0.2) is 0 Å². The van der Waals surface area contributed by atoms with Gasteiger partial charge in [0.05, 0.1) is 0 Å². The lowest BCUT2D eigenvalue weighted by Gasteiger charge is -1.93. The summed E-state index contributed by atoms with van der Waals surface area (Å²) in [6.45, 7) is 8.14. The van der Waals surface area contributed by atoms with Gasteiger partial charge in [0.1, 0.15) is 0 Å². The number of nitrogens with two attached hydrogens (primary N) is 4. The standard InChI is InChI=1S/3C7H9N.C7H8.CH5N.5CH4/c1-6-2-4-7(8)5-3-6;1-6-3-2-4-7(8)5-6;1-6-4-2-3-5-7(6)8;1-7-5-3-2-4-6-7;1-2;;;;;/h3*2-5H,8H2,1H3;2-6H,1H3;2H2,1H3;5*1H4. The first kappa shape index (κ1) is 47.4. The molecule has 0 bridgehead atoms. The highest BCUT2D eigenvalue weighted by molar-refractivity contribution is 5.45. The Morgan fingerprint density at radius 3 is 1.11 bits per heavy atom. The van der Waals surface area contributed by atoms with Gasteiger partial charge in [0.25, 0.3) is 0 Å². The van der Waals surface area contributed by atoms with E-state index in [0.717, 1.165) is 22.6 Å². The van der Waals surface area contributed by atoms with Crippen LogP contribution in [0.5, 0.6) is 0 Å². The van der Waals surface area contributed by atoms with Crippen molar-refractivity contribution in [2.24, 2.45) is 5.73 Å². The average Bonchev–Trinajstić information content (AvgIpc) is 2.81. The smallest absolute Gasteiger partial charge is 0.0343 e. The second-order valence-electron chi connectivity index (χ2n) is 7.34. The zero-order valence-corrected chi connectivity index (χ0v) is 20.6. The Morgan fingerprint density at radius 1 is 0.395 bits per heavy atom. The third-order valence-corrected chi connectivity index (χ3v) is 4.25. The molecule has 0 fully saturated rings. The fraction of sp³-hybridized carbons (Fsp3) is 0.294. The van der Waals surface area contributed by atoms with Crippen LogP contribution in [0.3, 0.4) is 0 Å². The number of benzene rings is 4. The molecule has 4 heteroatoms. The van der Waals surface area contributed by atoms with Gasteiger partial charge in [-0.15, -0.1) is 0 Å². The van der Waals surface area contributed by atoms with E-state index < -0.39 is 0 Å². The molecule has 0 saturated heterocycles. The van der Waals surface area contributed by atoms with Gasteiger partial charge in [-0.2, -0.15) is 0 Å². The van der Waals surface area contributed by atoms with Gasteiger partial charge >= 0.3 is 0 Å².